The number of aryl methyl sites for hydroxylation is 1. The molecule has 1 aliphatic rings. The molecule has 0 aliphatic carbocycles. The molecule has 1 aromatic carbocycles. The Morgan fingerprint density at radius 1 is 1.58 bits per heavy atom. The molecule has 1 heterocycles. The zero-order valence-electron chi connectivity index (χ0n) is 10.9. The number of nitrogens with one attached hydrogen (secondary N) is 1. The van der Waals surface area contributed by atoms with Crippen LogP contribution in [0.15, 0.2) is 18.2 Å². The smallest absolute Gasteiger partial charge is 0.237 e. The zero-order valence-corrected chi connectivity index (χ0v) is 11.7. The number of aliphatic hydroxyl groups excluding tert-OH is 1. The predicted octanol–water partition coefficient (Wildman–Crippen LogP) is 2.17. The Labute approximate surface area is 117 Å². The largest absolute Gasteiger partial charge is 0.384 e. The molecule has 3 nitrogen and oxygen atoms in total. The lowest BCUT2D eigenvalue weighted by molar-refractivity contribution is -0.115. The summed E-state index contributed by atoms with van der Waals surface area (Å²) >= 11 is 1.72. The summed E-state index contributed by atoms with van der Waals surface area (Å²) in [4.78, 5) is 12.0. The molecule has 1 amide bonds. The van der Waals surface area contributed by atoms with Crippen molar-refractivity contribution in [3.63, 3.8) is 0 Å². The topological polar surface area (TPSA) is 49.3 Å². The minimum atomic E-state index is -0.158. The first kappa shape index (κ1) is 14.0. The van der Waals surface area contributed by atoms with E-state index in [1.165, 1.54) is 0 Å². The Balaban J connectivity index is 2.10. The molecule has 1 saturated heterocycles. The van der Waals surface area contributed by atoms with Crippen LogP contribution >= 0.6 is 11.8 Å². The maximum atomic E-state index is 12.0. The molecule has 0 saturated carbocycles. The standard InChI is InChI=1S/C15H17NO2S/c1-11-6-7-13(10-12(11)4-2-8-17)16-15(18)14-5-3-9-19-14/h6-7,10,14,17H,3,5,8-9H2,1H3,(H,16,18). The van der Waals surface area contributed by atoms with Crippen molar-refractivity contribution in [2.45, 2.75) is 25.0 Å². The number of amides is 1. The van der Waals surface area contributed by atoms with E-state index in [0.717, 1.165) is 35.4 Å². The third-order valence-corrected chi connectivity index (χ3v) is 4.41. The number of carbonyl (C=O) groups excluding carboxylic acids is 1. The third-order valence-electron chi connectivity index (χ3n) is 3.03. The van der Waals surface area contributed by atoms with Gasteiger partial charge in [-0.2, -0.15) is 0 Å². The number of thioether (sulfide) groups is 1. The molecular weight excluding hydrogens is 258 g/mol. The van der Waals surface area contributed by atoms with E-state index in [1.807, 2.05) is 25.1 Å². The Morgan fingerprint density at radius 2 is 2.42 bits per heavy atom. The highest BCUT2D eigenvalue weighted by Crippen LogP contribution is 2.27. The fraction of sp³-hybridized carbons (Fsp3) is 0.400. The van der Waals surface area contributed by atoms with Crippen molar-refractivity contribution in [2.24, 2.45) is 0 Å². The van der Waals surface area contributed by atoms with Gasteiger partial charge in [0.15, 0.2) is 0 Å². The molecule has 1 aliphatic heterocycles. The Kier molecular flexibility index (Phi) is 4.89. The summed E-state index contributed by atoms with van der Waals surface area (Å²) in [7, 11) is 0. The van der Waals surface area contributed by atoms with Crippen LogP contribution in [0, 0.1) is 18.8 Å². The average molecular weight is 275 g/mol. The minimum Gasteiger partial charge on any atom is -0.384 e. The van der Waals surface area contributed by atoms with E-state index < -0.39 is 0 Å². The van der Waals surface area contributed by atoms with Gasteiger partial charge in [-0.25, -0.2) is 0 Å². The van der Waals surface area contributed by atoms with Gasteiger partial charge in [0.2, 0.25) is 5.91 Å². The van der Waals surface area contributed by atoms with Gasteiger partial charge < -0.3 is 10.4 Å². The first-order chi connectivity index (χ1) is 9.20. The van der Waals surface area contributed by atoms with Gasteiger partial charge in [0.05, 0.1) is 5.25 Å². The predicted molar refractivity (Wildman–Crippen MR) is 79.3 cm³/mol. The normalized spacial score (nSPS) is 17.7. The van der Waals surface area contributed by atoms with E-state index >= 15 is 0 Å². The highest BCUT2D eigenvalue weighted by atomic mass is 32.2. The Hall–Kier alpha value is -1.44. The van der Waals surface area contributed by atoms with Crippen molar-refractivity contribution in [3.8, 4) is 11.8 Å². The second-order valence-electron chi connectivity index (χ2n) is 4.48. The summed E-state index contributed by atoms with van der Waals surface area (Å²) in [5.41, 5.74) is 2.64. The highest BCUT2D eigenvalue weighted by molar-refractivity contribution is 8.00. The molecule has 1 aromatic rings. The van der Waals surface area contributed by atoms with E-state index in [0.29, 0.717) is 0 Å². The van der Waals surface area contributed by atoms with E-state index in [2.05, 4.69) is 17.2 Å². The lowest BCUT2D eigenvalue weighted by Gasteiger charge is -2.11. The number of aliphatic hydroxyl groups is 1. The van der Waals surface area contributed by atoms with Crippen molar-refractivity contribution in [1.29, 1.82) is 0 Å². The summed E-state index contributed by atoms with van der Waals surface area (Å²) in [6, 6.07) is 5.67. The van der Waals surface area contributed by atoms with Crippen LogP contribution in [0.2, 0.25) is 0 Å². The SMILES string of the molecule is Cc1ccc(NC(=O)C2CCCS2)cc1C#CCO. The molecule has 1 fully saturated rings. The molecule has 0 bridgehead atoms. The molecule has 0 spiro atoms. The summed E-state index contributed by atoms with van der Waals surface area (Å²) in [5, 5.41) is 11.7. The third kappa shape index (κ3) is 3.76. The minimum absolute atomic E-state index is 0.0763. The number of carbonyl (C=O) groups is 1. The molecule has 1 atom stereocenters. The van der Waals surface area contributed by atoms with Gasteiger partial charge in [0.25, 0.3) is 0 Å². The van der Waals surface area contributed by atoms with Crippen molar-refractivity contribution < 1.29 is 9.90 Å². The summed E-state index contributed by atoms with van der Waals surface area (Å²) in [6.07, 6.45) is 2.07. The van der Waals surface area contributed by atoms with E-state index in [4.69, 9.17) is 5.11 Å². The number of anilines is 1. The van der Waals surface area contributed by atoms with E-state index in [1.54, 1.807) is 11.8 Å². The van der Waals surface area contributed by atoms with Gasteiger partial charge in [-0.3, -0.25) is 4.79 Å². The Bertz CT molecular complexity index is 525. The maximum Gasteiger partial charge on any atom is 0.237 e. The number of hydrogen-bond acceptors (Lipinski definition) is 3. The fourth-order valence-corrected chi connectivity index (χ4v) is 3.14. The van der Waals surface area contributed by atoms with Crippen molar-refractivity contribution in [2.75, 3.05) is 17.7 Å². The molecule has 2 N–H and O–H groups in total. The van der Waals surface area contributed by atoms with Crippen molar-refractivity contribution in [3.05, 3.63) is 29.3 Å². The van der Waals surface area contributed by atoms with Gasteiger partial charge in [0, 0.05) is 11.3 Å². The van der Waals surface area contributed by atoms with Crippen molar-refractivity contribution >= 4 is 23.4 Å². The molecule has 100 valence electrons. The average Bonchev–Trinajstić information content (AvgIpc) is 2.93. The number of benzene rings is 1. The number of hydrogen-bond donors (Lipinski definition) is 2. The number of rotatable bonds is 2. The monoisotopic (exact) mass is 275 g/mol. The van der Waals surface area contributed by atoms with E-state index in [-0.39, 0.29) is 17.8 Å². The second kappa shape index (κ2) is 6.65. The molecule has 0 aromatic heterocycles. The van der Waals surface area contributed by atoms with Gasteiger partial charge in [0.1, 0.15) is 6.61 Å². The van der Waals surface area contributed by atoms with Gasteiger partial charge >= 0.3 is 0 Å². The fourth-order valence-electron chi connectivity index (χ4n) is 1.98. The van der Waals surface area contributed by atoms with Crippen LogP contribution in [0.25, 0.3) is 0 Å². The molecule has 2 rings (SSSR count). The summed E-state index contributed by atoms with van der Waals surface area (Å²) in [5.74, 6) is 6.66. The molecule has 19 heavy (non-hydrogen) atoms. The lowest BCUT2D eigenvalue weighted by Crippen LogP contribution is -2.22. The second-order valence-corrected chi connectivity index (χ2v) is 5.79. The lowest BCUT2D eigenvalue weighted by atomic mass is 10.1. The van der Waals surface area contributed by atoms with E-state index in [9.17, 15) is 4.79 Å². The molecular formula is C15H17NO2S. The van der Waals surface area contributed by atoms with Gasteiger partial charge in [-0.1, -0.05) is 17.9 Å². The van der Waals surface area contributed by atoms with Crippen LogP contribution in [0.5, 0.6) is 0 Å². The maximum absolute atomic E-state index is 12.0. The summed E-state index contributed by atoms with van der Waals surface area (Å²) in [6.45, 7) is 1.80. The van der Waals surface area contributed by atoms with Crippen LogP contribution in [-0.4, -0.2) is 28.6 Å². The van der Waals surface area contributed by atoms with Gasteiger partial charge in [-0.15, -0.1) is 11.8 Å². The highest BCUT2D eigenvalue weighted by Gasteiger charge is 2.23. The van der Waals surface area contributed by atoms with Crippen LogP contribution < -0.4 is 5.32 Å². The first-order valence-electron chi connectivity index (χ1n) is 6.33. The molecule has 1 unspecified atom stereocenters. The molecule has 0 radical (unpaired) electrons. The zero-order chi connectivity index (χ0) is 13.7. The first-order valence-corrected chi connectivity index (χ1v) is 7.38. The quantitative estimate of drug-likeness (QED) is 0.813. The molecule has 4 heteroatoms. The van der Waals surface area contributed by atoms with Gasteiger partial charge in [-0.05, 0) is 43.2 Å². The van der Waals surface area contributed by atoms with Crippen molar-refractivity contribution in [1.82, 2.24) is 0 Å². The van der Waals surface area contributed by atoms with Crippen LogP contribution in [0.1, 0.15) is 24.0 Å². The summed E-state index contributed by atoms with van der Waals surface area (Å²) < 4.78 is 0. The van der Waals surface area contributed by atoms with Crippen LogP contribution in [0.3, 0.4) is 0 Å². The van der Waals surface area contributed by atoms with Crippen LogP contribution in [-0.2, 0) is 4.79 Å². The van der Waals surface area contributed by atoms with Crippen LogP contribution in [0.4, 0.5) is 5.69 Å². The Morgan fingerprint density at radius 3 is 3.11 bits per heavy atom.